The Bertz CT molecular complexity index is 377. The van der Waals surface area contributed by atoms with Crippen molar-refractivity contribution in [1.29, 1.82) is 0 Å². The third-order valence-corrected chi connectivity index (χ3v) is 2.16. The largest absolute Gasteiger partial charge is 0.475 e. The molecule has 1 aliphatic carbocycles. The van der Waals surface area contributed by atoms with Crippen molar-refractivity contribution >= 4 is 5.97 Å². The first-order chi connectivity index (χ1) is 6.50. The van der Waals surface area contributed by atoms with E-state index >= 15 is 0 Å². The number of carboxylic acid groups (broad SMARTS) is 1. The lowest BCUT2D eigenvalue weighted by Crippen LogP contribution is -2.14. The van der Waals surface area contributed by atoms with Gasteiger partial charge in [-0.05, 0) is 0 Å². The quantitative estimate of drug-likeness (QED) is 0.782. The molecule has 0 aliphatic heterocycles. The summed E-state index contributed by atoms with van der Waals surface area (Å²) in [5.41, 5.74) is 0. The van der Waals surface area contributed by atoms with E-state index in [9.17, 15) is 13.6 Å². The number of aromatic nitrogens is 3. The lowest BCUT2D eigenvalue weighted by atomic mass is 10.4. The van der Waals surface area contributed by atoms with Gasteiger partial charge in [0.2, 0.25) is 5.82 Å². The minimum Gasteiger partial charge on any atom is -0.475 e. The Kier molecular flexibility index (Phi) is 1.76. The van der Waals surface area contributed by atoms with Crippen LogP contribution in [-0.4, -0.2) is 31.8 Å². The molecule has 1 N–H and O–H groups in total. The van der Waals surface area contributed by atoms with Crippen LogP contribution >= 0.6 is 0 Å². The second-order valence-corrected chi connectivity index (χ2v) is 3.23. The minimum absolute atomic E-state index is 0.0887. The van der Waals surface area contributed by atoms with E-state index in [1.54, 1.807) is 0 Å². The maximum Gasteiger partial charge on any atom is 0.373 e. The van der Waals surface area contributed by atoms with Crippen molar-refractivity contribution < 1.29 is 18.7 Å². The molecule has 1 saturated carbocycles. The molecule has 7 heteroatoms. The molecule has 1 aliphatic rings. The van der Waals surface area contributed by atoms with E-state index in [0.717, 1.165) is 11.0 Å². The Morgan fingerprint density at radius 2 is 2.43 bits per heavy atom. The highest BCUT2D eigenvalue weighted by Gasteiger charge is 2.57. The van der Waals surface area contributed by atoms with Gasteiger partial charge in [0, 0.05) is 12.3 Å². The molecule has 0 radical (unpaired) electrons. The van der Waals surface area contributed by atoms with E-state index < -0.39 is 17.8 Å². The zero-order valence-corrected chi connectivity index (χ0v) is 7.02. The summed E-state index contributed by atoms with van der Waals surface area (Å²) < 4.78 is 26.0. The van der Waals surface area contributed by atoms with Crippen LogP contribution in [0.3, 0.4) is 0 Å². The Morgan fingerprint density at radius 1 is 1.79 bits per heavy atom. The SMILES string of the molecule is O=C(O)c1ncnn1CC1CC1(F)F. The summed E-state index contributed by atoms with van der Waals surface area (Å²) in [6, 6.07) is 0. The zero-order chi connectivity index (χ0) is 10.3. The summed E-state index contributed by atoms with van der Waals surface area (Å²) in [7, 11) is 0. The molecule has 1 heterocycles. The van der Waals surface area contributed by atoms with Gasteiger partial charge < -0.3 is 5.11 Å². The van der Waals surface area contributed by atoms with Crippen molar-refractivity contribution in [2.75, 3.05) is 0 Å². The highest BCUT2D eigenvalue weighted by Crippen LogP contribution is 2.49. The summed E-state index contributed by atoms with van der Waals surface area (Å²) >= 11 is 0. The van der Waals surface area contributed by atoms with E-state index in [2.05, 4.69) is 10.1 Å². The maximum atomic E-state index is 12.5. The van der Waals surface area contributed by atoms with Gasteiger partial charge in [0.25, 0.3) is 5.92 Å². The number of rotatable bonds is 3. The summed E-state index contributed by atoms with van der Waals surface area (Å²) in [5.74, 6) is -5.02. The molecule has 1 atom stereocenters. The van der Waals surface area contributed by atoms with Crippen LogP contribution in [0, 0.1) is 5.92 Å². The number of carboxylic acids is 1. The summed E-state index contributed by atoms with van der Waals surface area (Å²) in [6.45, 7) is -0.0887. The monoisotopic (exact) mass is 203 g/mol. The zero-order valence-electron chi connectivity index (χ0n) is 7.02. The summed E-state index contributed by atoms with van der Waals surface area (Å²) in [4.78, 5) is 14.0. The molecule has 2 rings (SSSR count). The normalized spacial score (nSPS) is 23.4. The molecular weight excluding hydrogens is 196 g/mol. The van der Waals surface area contributed by atoms with Gasteiger partial charge in [-0.2, -0.15) is 5.10 Å². The summed E-state index contributed by atoms with van der Waals surface area (Å²) in [6.07, 6.45) is 0.843. The van der Waals surface area contributed by atoms with Crippen LogP contribution in [0.2, 0.25) is 0 Å². The van der Waals surface area contributed by atoms with Crippen LogP contribution in [-0.2, 0) is 6.54 Å². The topological polar surface area (TPSA) is 68.0 Å². The van der Waals surface area contributed by atoms with Crippen LogP contribution in [0.4, 0.5) is 8.78 Å². The predicted octanol–water partition coefficient (Wildman–Crippen LogP) is 0.631. The second-order valence-electron chi connectivity index (χ2n) is 3.23. The average molecular weight is 203 g/mol. The molecular formula is C7H7F2N3O2. The van der Waals surface area contributed by atoms with Gasteiger partial charge in [-0.25, -0.2) is 23.2 Å². The van der Waals surface area contributed by atoms with Crippen molar-refractivity contribution in [3.05, 3.63) is 12.2 Å². The standard InChI is InChI=1S/C7H7F2N3O2/c8-7(9)1-4(7)2-12-5(6(13)14)10-3-11-12/h3-4H,1-2H2,(H,13,14). The van der Waals surface area contributed by atoms with E-state index in [1.165, 1.54) is 0 Å². The number of aromatic carboxylic acids is 1. The number of hydrogen-bond acceptors (Lipinski definition) is 3. The van der Waals surface area contributed by atoms with Crippen molar-refractivity contribution in [3.8, 4) is 0 Å². The fourth-order valence-corrected chi connectivity index (χ4v) is 1.24. The van der Waals surface area contributed by atoms with Crippen LogP contribution in [0.1, 0.15) is 17.0 Å². The molecule has 0 amide bonds. The second kappa shape index (κ2) is 2.73. The molecule has 0 saturated heterocycles. The highest BCUT2D eigenvalue weighted by molar-refractivity contribution is 5.83. The van der Waals surface area contributed by atoms with Crippen LogP contribution in [0.5, 0.6) is 0 Å². The first kappa shape index (κ1) is 9.04. The maximum absolute atomic E-state index is 12.5. The van der Waals surface area contributed by atoms with Gasteiger partial charge in [0.1, 0.15) is 6.33 Å². The van der Waals surface area contributed by atoms with Gasteiger partial charge in [0.05, 0.1) is 6.54 Å². The van der Waals surface area contributed by atoms with E-state index in [0.29, 0.717) is 0 Å². The smallest absolute Gasteiger partial charge is 0.373 e. The van der Waals surface area contributed by atoms with Crippen LogP contribution in [0.25, 0.3) is 0 Å². The summed E-state index contributed by atoms with van der Waals surface area (Å²) in [5, 5.41) is 12.2. The van der Waals surface area contributed by atoms with Crippen molar-refractivity contribution in [2.24, 2.45) is 5.92 Å². The number of halogens is 2. The number of nitrogens with zero attached hydrogens (tertiary/aromatic N) is 3. The molecule has 14 heavy (non-hydrogen) atoms. The van der Waals surface area contributed by atoms with Gasteiger partial charge >= 0.3 is 5.97 Å². The lowest BCUT2D eigenvalue weighted by Gasteiger charge is -2.00. The van der Waals surface area contributed by atoms with Crippen molar-refractivity contribution in [3.63, 3.8) is 0 Å². The molecule has 0 spiro atoms. The van der Waals surface area contributed by atoms with E-state index in [1.807, 2.05) is 0 Å². The molecule has 0 bridgehead atoms. The number of alkyl halides is 2. The Morgan fingerprint density at radius 3 is 2.93 bits per heavy atom. The highest BCUT2D eigenvalue weighted by atomic mass is 19.3. The van der Waals surface area contributed by atoms with Gasteiger partial charge in [-0.15, -0.1) is 0 Å². The lowest BCUT2D eigenvalue weighted by molar-refractivity contribution is 0.0667. The third kappa shape index (κ3) is 1.45. The molecule has 0 aromatic carbocycles. The number of hydrogen-bond donors (Lipinski definition) is 1. The van der Waals surface area contributed by atoms with Crippen LogP contribution in [0.15, 0.2) is 6.33 Å². The molecule has 1 aromatic heterocycles. The Hall–Kier alpha value is -1.53. The minimum atomic E-state index is -2.66. The Labute approximate surface area is 77.4 Å². The predicted molar refractivity (Wildman–Crippen MR) is 40.0 cm³/mol. The van der Waals surface area contributed by atoms with Gasteiger partial charge in [0.15, 0.2) is 0 Å². The van der Waals surface area contributed by atoms with Gasteiger partial charge in [-0.1, -0.05) is 0 Å². The fraction of sp³-hybridized carbons (Fsp3) is 0.571. The molecule has 1 unspecified atom stereocenters. The fourth-order valence-electron chi connectivity index (χ4n) is 1.24. The number of carbonyl (C=O) groups is 1. The average Bonchev–Trinajstić information content (AvgIpc) is 2.52. The van der Waals surface area contributed by atoms with Gasteiger partial charge in [-0.3, -0.25) is 0 Å². The first-order valence-electron chi connectivity index (χ1n) is 3.99. The first-order valence-corrected chi connectivity index (χ1v) is 3.99. The van der Waals surface area contributed by atoms with Crippen molar-refractivity contribution in [2.45, 2.75) is 18.9 Å². The van der Waals surface area contributed by atoms with E-state index in [-0.39, 0.29) is 18.8 Å². The van der Waals surface area contributed by atoms with Crippen molar-refractivity contribution in [1.82, 2.24) is 14.8 Å². The van der Waals surface area contributed by atoms with E-state index in [4.69, 9.17) is 5.11 Å². The molecule has 5 nitrogen and oxygen atoms in total. The molecule has 1 fully saturated rings. The van der Waals surface area contributed by atoms with Crippen LogP contribution < -0.4 is 0 Å². The Balaban J connectivity index is 2.10. The third-order valence-electron chi connectivity index (χ3n) is 2.16. The molecule has 76 valence electrons. The molecule has 1 aromatic rings.